The summed E-state index contributed by atoms with van der Waals surface area (Å²) >= 11 is 1.55. The highest BCUT2D eigenvalue weighted by Gasteiger charge is 2.21. The van der Waals surface area contributed by atoms with Gasteiger partial charge in [0.2, 0.25) is 0 Å². The second kappa shape index (κ2) is 7.03. The molecule has 1 atom stereocenters. The molecular formula is C17H20N2O2S. The van der Waals surface area contributed by atoms with Gasteiger partial charge in [-0.15, -0.1) is 11.3 Å². The van der Waals surface area contributed by atoms with E-state index in [1.54, 1.807) is 11.3 Å². The van der Waals surface area contributed by atoms with Gasteiger partial charge >= 0.3 is 0 Å². The molecule has 1 amide bonds. The number of hydrogen-bond donors (Lipinski definition) is 1. The molecule has 4 nitrogen and oxygen atoms in total. The molecule has 5 heteroatoms. The monoisotopic (exact) mass is 316 g/mol. The molecule has 1 aliphatic heterocycles. The first-order chi connectivity index (χ1) is 10.8. The van der Waals surface area contributed by atoms with Crippen molar-refractivity contribution in [3.05, 3.63) is 51.5 Å². The maximum Gasteiger partial charge on any atom is 0.270 e. The minimum Gasteiger partial charge on any atom is -0.371 e. The Kier molecular flexibility index (Phi) is 4.85. The van der Waals surface area contributed by atoms with Crippen LogP contribution in [0.3, 0.4) is 0 Å². The largest absolute Gasteiger partial charge is 0.371 e. The average Bonchev–Trinajstić information content (AvgIpc) is 3.02. The topological polar surface area (TPSA) is 51.2 Å². The van der Waals surface area contributed by atoms with Crippen molar-refractivity contribution in [1.82, 2.24) is 10.3 Å². The summed E-state index contributed by atoms with van der Waals surface area (Å²) in [5.74, 6) is -0.120. The second-order valence-electron chi connectivity index (χ2n) is 5.39. The predicted molar refractivity (Wildman–Crippen MR) is 87.3 cm³/mol. The zero-order chi connectivity index (χ0) is 15.4. The lowest BCUT2D eigenvalue weighted by molar-refractivity contribution is 0.0411. The third-order valence-electron chi connectivity index (χ3n) is 3.79. The Morgan fingerprint density at radius 3 is 3.18 bits per heavy atom. The van der Waals surface area contributed by atoms with Crippen LogP contribution in [0.15, 0.2) is 29.6 Å². The lowest BCUT2D eigenvalue weighted by atomic mass is 9.97. The summed E-state index contributed by atoms with van der Waals surface area (Å²) in [6.45, 7) is 3.30. The molecule has 0 saturated carbocycles. The van der Waals surface area contributed by atoms with Crippen LogP contribution in [0.5, 0.6) is 0 Å². The summed E-state index contributed by atoms with van der Waals surface area (Å²) in [7, 11) is 0. The van der Waals surface area contributed by atoms with Gasteiger partial charge in [-0.25, -0.2) is 4.98 Å². The number of amides is 1. The van der Waals surface area contributed by atoms with E-state index < -0.39 is 0 Å². The SMILES string of the molecule is CCCc1nc(C(=O)NCC2OCCc3ccccc32)cs1. The van der Waals surface area contributed by atoms with E-state index in [0.29, 0.717) is 18.8 Å². The number of rotatable bonds is 5. The zero-order valence-electron chi connectivity index (χ0n) is 12.7. The fourth-order valence-electron chi connectivity index (χ4n) is 2.67. The fraction of sp³-hybridized carbons (Fsp3) is 0.412. The number of nitrogens with zero attached hydrogens (tertiary/aromatic N) is 1. The summed E-state index contributed by atoms with van der Waals surface area (Å²) < 4.78 is 5.80. The number of hydrogen-bond acceptors (Lipinski definition) is 4. The molecule has 0 saturated heterocycles. The van der Waals surface area contributed by atoms with Gasteiger partial charge < -0.3 is 10.1 Å². The first-order valence-corrected chi connectivity index (χ1v) is 8.58. The van der Waals surface area contributed by atoms with Crippen LogP contribution >= 0.6 is 11.3 Å². The average molecular weight is 316 g/mol. The second-order valence-corrected chi connectivity index (χ2v) is 6.34. The van der Waals surface area contributed by atoms with Crippen LogP contribution in [0.25, 0.3) is 0 Å². The smallest absolute Gasteiger partial charge is 0.270 e. The fourth-order valence-corrected chi connectivity index (χ4v) is 3.55. The summed E-state index contributed by atoms with van der Waals surface area (Å²) in [5, 5.41) is 5.79. The molecule has 1 N–H and O–H groups in total. The van der Waals surface area contributed by atoms with E-state index in [4.69, 9.17) is 4.74 Å². The van der Waals surface area contributed by atoms with Gasteiger partial charge in [-0.05, 0) is 30.4 Å². The Bertz CT molecular complexity index is 654. The standard InChI is InChI=1S/C17H20N2O2S/c1-2-5-16-19-14(11-22-16)17(20)18-10-15-13-7-4-3-6-12(13)8-9-21-15/h3-4,6-7,11,15H,2,5,8-10H2,1H3,(H,18,20). The molecule has 1 aromatic heterocycles. The zero-order valence-corrected chi connectivity index (χ0v) is 13.5. The number of thiazole rings is 1. The molecule has 116 valence electrons. The van der Waals surface area contributed by atoms with Crippen molar-refractivity contribution in [2.45, 2.75) is 32.3 Å². The highest BCUT2D eigenvalue weighted by molar-refractivity contribution is 7.09. The Hall–Kier alpha value is -1.72. The summed E-state index contributed by atoms with van der Waals surface area (Å²) in [4.78, 5) is 16.6. The lowest BCUT2D eigenvalue weighted by Gasteiger charge is -2.26. The van der Waals surface area contributed by atoms with Gasteiger partial charge in [0, 0.05) is 11.9 Å². The molecule has 0 aliphatic carbocycles. The Labute approximate surface area is 134 Å². The molecular weight excluding hydrogens is 296 g/mol. The lowest BCUT2D eigenvalue weighted by Crippen LogP contribution is -2.32. The van der Waals surface area contributed by atoms with Crippen molar-refractivity contribution in [1.29, 1.82) is 0 Å². The van der Waals surface area contributed by atoms with Crippen LogP contribution in [0.1, 0.15) is 46.1 Å². The predicted octanol–water partition coefficient (Wildman–Crippen LogP) is 3.14. The molecule has 22 heavy (non-hydrogen) atoms. The number of aromatic nitrogens is 1. The first-order valence-electron chi connectivity index (χ1n) is 7.70. The third kappa shape index (κ3) is 3.36. The molecule has 0 bridgehead atoms. The number of fused-ring (bicyclic) bond motifs is 1. The molecule has 0 fully saturated rings. The van der Waals surface area contributed by atoms with E-state index in [0.717, 1.165) is 24.3 Å². The number of carbonyl (C=O) groups excluding carboxylic acids is 1. The normalized spacial score (nSPS) is 17.0. The number of ether oxygens (including phenoxy) is 1. The minimum atomic E-state index is -0.120. The number of nitrogens with one attached hydrogen (secondary N) is 1. The van der Waals surface area contributed by atoms with Gasteiger partial charge in [0.05, 0.1) is 11.6 Å². The first kappa shape index (κ1) is 15.2. The van der Waals surface area contributed by atoms with Crippen molar-refractivity contribution < 1.29 is 9.53 Å². The van der Waals surface area contributed by atoms with Crippen LogP contribution in [0.2, 0.25) is 0 Å². The maximum absolute atomic E-state index is 12.2. The Morgan fingerprint density at radius 1 is 1.45 bits per heavy atom. The Balaban J connectivity index is 1.61. The Morgan fingerprint density at radius 2 is 2.32 bits per heavy atom. The van der Waals surface area contributed by atoms with Gasteiger partial charge in [-0.3, -0.25) is 4.79 Å². The molecule has 2 heterocycles. The van der Waals surface area contributed by atoms with Crippen molar-refractivity contribution in [2.24, 2.45) is 0 Å². The summed E-state index contributed by atoms with van der Waals surface area (Å²) in [6.07, 6.45) is 2.84. The highest BCUT2D eigenvalue weighted by Crippen LogP contribution is 2.26. The highest BCUT2D eigenvalue weighted by atomic mass is 32.1. The van der Waals surface area contributed by atoms with Gasteiger partial charge in [0.25, 0.3) is 5.91 Å². The molecule has 0 radical (unpaired) electrons. The molecule has 1 aromatic carbocycles. The number of benzene rings is 1. The quantitative estimate of drug-likeness (QED) is 0.922. The van der Waals surface area contributed by atoms with Crippen LogP contribution in [-0.2, 0) is 17.6 Å². The van der Waals surface area contributed by atoms with E-state index in [2.05, 4.69) is 29.4 Å². The molecule has 0 spiro atoms. The molecule has 1 unspecified atom stereocenters. The molecule has 3 rings (SSSR count). The number of aryl methyl sites for hydroxylation is 1. The van der Waals surface area contributed by atoms with E-state index in [9.17, 15) is 4.79 Å². The molecule has 2 aromatic rings. The van der Waals surface area contributed by atoms with Crippen molar-refractivity contribution >= 4 is 17.2 Å². The van der Waals surface area contributed by atoms with Crippen molar-refractivity contribution in [3.8, 4) is 0 Å². The molecule has 1 aliphatic rings. The summed E-state index contributed by atoms with van der Waals surface area (Å²) in [5.41, 5.74) is 3.00. The van der Waals surface area contributed by atoms with E-state index in [1.165, 1.54) is 11.1 Å². The van der Waals surface area contributed by atoms with Gasteiger partial charge in [0.15, 0.2) is 0 Å². The van der Waals surface area contributed by atoms with Gasteiger partial charge in [-0.2, -0.15) is 0 Å². The van der Waals surface area contributed by atoms with Crippen LogP contribution in [-0.4, -0.2) is 24.0 Å². The van der Waals surface area contributed by atoms with Crippen LogP contribution in [0.4, 0.5) is 0 Å². The van der Waals surface area contributed by atoms with E-state index in [-0.39, 0.29) is 12.0 Å². The van der Waals surface area contributed by atoms with Crippen LogP contribution < -0.4 is 5.32 Å². The van der Waals surface area contributed by atoms with Gasteiger partial charge in [-0.1, -0.05) is 31.2 Å². The maximum atomic E-state index is 12.2. The van der Waals surface area contributed by atoms with Crippen molar-refractivity contribution in [2.75, 3.05) is 13.2 Å². The third-order valence-corrected chi connectivity index (χ3v) is 4.70. The summed E-state index contributed by atoms with van der Waals surface area (Å²) in [6, 6.07) is 8.27. The van der Waals surface area contributed by atoms with Crippen LogP contribution in [0, 0.1) is 0 Å². The van der Waals surface area contributed by atoms with Crippen molar-refractivity contribution in [3.63, 3.8) is 0 Å². The van der Waals surface area contributed by atoms with E-state index in [1.807, 2.05) is 17.5 Å². The van der Waals surface area contributed by atoms with E-state index >= 15 is 0 Å². The number of carbonyl (C=O) groups is 1. The minimum absolute atomic E-state index is 0.0670. The van der Waals surface area contributed by atoms with Gasteiger partial charge in [0.1, 0.15) is 11.8 Å².